The summed E-state index contributed by atoms with van der Waals surface area (Å²) in [6.07, 6.45) is 12.9. The number of hydrogen-bond acceptors (Lipinski definition) is 2. The summed E-state index contributed by atoms with van der Waals surface area (Å²) in [6.45, 7) is 1.99. The Bertz CT molecular complexity index is 889. The normalized spacial score (nSPS) is 14.8. The second kappa shape index (κ2) is 5.47. The van der Waals surface area contributed by atoms with Crippen molar-refractivity contribution in [1.29, 1.82) is 0 Å². The number of aryl methyl sites for hydroxylation is 1. The maximum atomic E-state index is 5.94. The van der Waals surface area contributed by atoms with Gasteiger partial charge in [0.15, 0.2) is 0 Å². The molecule has 0 saturated heterocycles. The van der Waals surface area contributed by atoms with E-state index in [9.17, 15) is 0 Å². The number of rotatable bonds is 2. The van der Waals surface area contributed by atoms with Crippen LogP contribution in [-0.2, 0) is 0 Å². The van der Waals surface area contributed by atoms with E-state index in [-0.39, 0.29) is 5.92 Å². The minimum atomic E-state index is 0.285. The van der Waals surface area contributed by atoms with Gasteiger partial charge in [-0.1, -0.05) is 54.7 Å². The highest BCUT2D eigenvalue weighted by Crippen LogP contribution is 2.44. The smallest absolute Gasteiger partial charge is 0.136 e. The molecule has 2 heteroatoms. The van der Waals surface area contributed by atoms with Gasteiger partial charge in [-0.05, 0) is 25.1 Å². The van der Waals surface area contributed by atoms with Crippen LogP contribution in [0.1, 0.15) is 16.6 Å². The number of allylic oxidation sites excluding steroid dienone is 6. The highest BCUT2D eigenvalue weighted by atomic mass is 32.1. The Morgan fingerprint density at radius 1 is 0.909 bits per heavy atom. The molecule has 0 saturated carbocycles. The lowest BCUT2D eigenvalue weighted by atomic mass is 9.99. The van der Waals surface area contributed by atoms with Crippen molar-refractivity contribution in [2.45, 2.75) is 12.8 Å². The van der Waals surface area contributed by atoms with E-state index in [1.807, 2.05) is 24.3 Å². The van der Waals surface area contributed by atoms with Gasteiger partial charge in [-0.25, -0.2) is 0 Å². The largest absolute Gasteiger partial charge is 0.461 e. The van der Waals surface area contributed by atoms with Crippen molar-refractivity contribution in [1.82, 2.24) is 0 Å². The Kier molecular flexibility index (Phi) is 3.32. The van der Waals surface area contributed by atoms with E-state index < -0.39 is 0 Å². The van der Waals surface area contributed by atoms with E-state index in [0.29, 0.717) is 0 Å². The number of hydrogen-bond donors (Lipinski definition) is 0. The van der Waals surface area contributed by atoms with Crippen LogP contribution in [0.4, 0.5) is 0 Å². The third-order valence-electron chi connectivity index (χ3n) is 3.88. The molecule has 2 heterocycles. The SMILES string of the molecule is Cc1ccc(-c2c(C3C=CC=CC=C3)sc3ccccc23)o1. The fraction of sp³-hybridized carbons (Fsp3) is 0.100. The third-order valence-corrected chi connectivity index (χ3v) is 5.15. The van der Waals surface area contributed by atoms with Crippen LogP contribution in [0.25, 0.3) is 21.4 Å². The van der Waals surface area contributed by atoms with Crippen molar-refractivity contribution in [3.8, 4) is 11.3 Å². The van der Waals surface area contributed by atoms with Crippen molar-refractivity contribution in [2.75, 3.05) is 0 Å². The molecule has 1 aliphatic rings. The van der Waals surface area contributed by atoms with E-state index in [4.69, 9.17) is 4.42 Å². The van der Waals surface area contributed by atoms with Gasteiger partial charge in [0, 0.05) is 26.4 Å². The second-order valence-corrected chi connectivity index (χ2v) is 6.51. The Morgan fingerprint density at radius 3 is 2.41 bits per heavy atom. The molecule has 0 fully saturated rings. The first kappa shape index (κ1) is 13.4. The number of benzene rings is 1. The Morgan fingerprint density at radius 2 is 1.68 bits per heavy atom. The summed E-state index contributed by atoms with van der Waals surface area (Å²) < 4.78 is 7.25. The van der Waals surface area contributed by atoms with Gasteiger partial charge in [-0.3, -0.25) is 0 Å². The standard InChI is InChI=1S/C20H16OS/c1-14-12-13-17(21-14)19-16-10-6-7-11-18(16)22-20(19)15-8-4-2-3-5-9-15/h2-13,15H,1H3. The van der Waals surface area contributed by atoms with E-state index in [2.05, 4.69) is 66.8 Å². The lowest BCUT2D eigenvalue weighted by Crippen LogP contribution is -1.89. The fourth-order valence-electron chi connectivity index (χ4n) is 2.86. The number of thiophene rings is 1. The van der Waals surface area contributed by atoms with Crippen LogP contribution in [0.15, 0.2) is 77.3 Å². The van der Waals surface area contributed by atoms with E-state index in [0.717, 1.165) is 11.5 Å². The van der Waals surface area contributed by atoms with Crippen LogP contribution in [-0.4, -0.2) is 0 Å². The quantitative estimate of drug-likeness (QED) is 0.546. The molecule has 1 aliphatic carbocycles. The van der Waals surface area contributed by atoms with Gasteiger partial charge in [0.2, 0.25) is 0 Å². The van der Waals surface area contributed by atoms with Gasteiger partial charge in [0.1, 0.15) is 11.5 Å². The van der Waals surface area contributed by atoms with Crippen molar-refractivity contribution in [3.05, 3.63) is 83.5 Å². The molecule has 0 unspecified atom stereocenters. The molecule has 0 radical (unpaired) electrons. The molecule has 0 spiro atoms. The van der Waals surface area contributed by atoms with Gasteiger partial charge in [-0.2, -0.15) is 0 Å². The Labute approximate surface area is 133 Å². The summed E-state index contributed by atoms with van der Waals surface area (Å²) in [7, 11) is 0. The molecule has 4 rings (SSSR count). The molecule has 0 aliphatic heterocycles. The van der Waals surface area contributed by atoms with Crippen molar-refractivity contribution >= 4 is 21.4 Å². The Balaban J connectivity index is 1.97. The lowest BCUT2D eigenvalue weighted by molar-refractivity contribution is 0.548. The minimum Gasteiger partial charge on any atom is -0.461 e. The highest BCUT2D eigenvalue weighted by molar-refractivity contribution is 7.19. The molecule has 0 atom stereocenters. The molecule has 0 bridgehead atoms. The molecular formula is C20H16OS. The van der Waals surface area contributed by atoms with E-state index in [1.165, 1.54) is 20.5 Å². The van der Waals surface area contributed by atoms with Gasteiger partial charge in [0.05, 0.1) is 0 Å². The van der Waals surface area contributed by atoms with Crippen LogP contribution in [0.3, 0.4) is 0 Å². The monoisotopic (exact) mass is 304 g/mol. The van der Waals surface area contributed by atoms with Crippen LogP contribution in [0, 0.1) is 6.92 Å². The molecule has 0 amide bonds. The van der Waals surface area contributed by atoms with Crippen LogP contribution in [0.2, 0.25) is 0 Å². The summed E-state index contributed by atoms with van der Waals surface area (Å²) in [5.41, 5.74) is 1.23. The maximum absolute atomic E-state index is 5.94. The predicted octanol–water partition coefficient (Wildman–Crippen LogP) is 6.24. The average molecular weight is 304 g/mol. The molecule has 2 aromatic heterocycles. The molecule has 22 heavy (non-hydrogen) atoms. The number of furan rings is 1. The van der Waals surface area contributed by atoms with Gasteiger partial charge in [0.25, 0.3) is 0 Å². The number of fused-ring (bicyclic) bond motifs is 1. The lowest BCUT2D eigenvalue weighted by Gasteiger charge is -2.08. The minimum absolute atomic E-state index is 0.285. The summed E-state index contributed by atoms with van der Waals surface area (Å²) >= 11 is 1.85. The van der Waals surface area contributed by atoms with Crippen LogP contribution >= 0.6 is 11.3 Å². The van der Waals surface area contributed by atoms with Gasteiger partial charge in [-0.15, -0.1) is 11.3 Å². The van der Waals surface area contributed by atoms with Gasteiger partial charge < -0.3 is 4.42 Å². The van der Waals surface area contributed by atoms with E-state index in [1.54, 1.807) is 0 Å². The molecule has 3 aromatic rings. The third kappa shape index (κ3) is 2.26. The molecule has 1 nitrogen and oxygen atoms in total. The molecule has 1 aromatic carbocycles. The van der Waals surface area contributed by atoms with Crippen molar-refractivity contribution in [3.63, 3.8) is 0 Å². The molecule has 0 N–H and O–H groups in total. The first-order valence-corrected chi connectivity index (χ1v) is 8.24. The Hall–Kier alpha value is -2.32. The molecular weight excluding hydrogens is 288 g/mol. The summed E-state index contributed by atoms with van der Waals surface area (Å²) in [4.78, 5) is 1.34. The first-order chi connectivity index (χ1) is 10.8. The maximum Gasteiger partial charge on any atom is 0.136 e. The zero-order chi connectivity index (χ0) is 14.9. The van der Waals surface area contributed by atoms with Crippen LogP contribution < -0.4 is 0 Å². The highest BCUT2D eigenvalue weighted by Gasteiger charge is 2.20. The van der Waals surface area contributed by atoms with Crippen molar-refractivity contribution in [2.24, 2.45) is 0 Å². The summed E-state index contributed by atoms with van der Waals surface area (Å²) in [6, 6.07) is 12.7. The zero-order valence-electron chi connectivity index (χ0n) is 12.3. The second-order valence-electron chi connectivity index (χ2n) is 5.43. The average Bonchev–Trinajstić information content (AvgIpc) is 3.01. The van der Waals surface area contributed by atoms with E-state index >= 15 is 0 Å². The zero-order valence-corrected chi connectivity index (χ0v) is 13.1. The van der Waals surface area contributed by atoms with Crippen LogP contribution in [0.5, 0.6) is 0 Å². The predicted molar refractivity (Wildman–Crippen MR) is 94.4 cm³/mol. The molecule has 108 valence electrons. The summed E-state index contributed by atoms with van der Waals surface area (Å²) in [5.74, 6) is 2.20. The fourth-order valence-corrected chi connectivity index (χ4v) is 4.13. The van der Waals surface area contributed by atoms with Gasteiger partial charge >= 0.3 is 0 Å². The topological polar surface area (TPSA) is 13.1 Å². The summed E-state index contributed by atoms with van der Waals surface area (Å²) in [5, 5.41) is 1.27. The van der Waals surface area contributed by atoms with Crippen molar-refractivity contribution < 1.29 is 4.42 Å². The first-order valence-electron chi connectivity index (χ1n) is 7.43.